The van der Waals surface area contributed by atoms with E-state index in [9.17, 15) is 0 Å². The highest BCUT2D eigenvalue weighted by Gasteiger charge is 2.26. The van der Waals surface area contributed by atoms with Crippen LogP contribution in [0.4, 0.5) is 0 Å². The highest BCUT2D eigenvalue weighted by molar-refractivity contribution is 4.77. The molecule has 0 spiro atoms. The van der Waals surface area contributed by atoms with Gasteiger partial charge in [0.25, 0.3) is 0 Å². The lowest BCUT2D eigenvalue weighted by Gasteiger charge is -2.33. The van der Waals surface area contributed by atoms with Gasteiger partial charge in [0.15, 0.2) is 0 Å². The van der Waals surface area contributed by atoms with Gasteiger partial charge in [-0.15, -0.1) is 0 Å². The SMILES string of the molecule is CCOC1CCC(CC)CC1C. The summed E-state index contributed by atoms with van der Waals surface area (Å²) in [6.07, 6.45) is 5.95. The van der Waals surface area contributed by atoms with Crippen LogP contribution in [0.1, 0.15) is 46.5 Å². The Bertz CT molecular complexity index is 122. The van der Waals surface area contributed by atoms with E-state index < -0.39 is 0 Å². The van der Waals surface area contributed by atoms with Crippen LogP contribution in [0.3, 0.4) is 0 Å². The molecular formula is C11H22O. The van der Waals surface area contributed by atoms with E-state index in [1.165, 1.54) is 25.7 Å². The molecule has 1 aliphatic carbocycles. The molecule has 0 saturated heterocycles. The number of hydrogen-bond acceptors (Lipinski definition) is 1. The van der Waals surface area contributed by atoms with Gasteiger partial charge in [-0.2, -0.15) is 0 Å². The molecule has 1 saturated carbocycles. The minimum atomic E-state index is 0.554. The summed E-state index contributed by atoms with van der Waals surface area (Å²) in [6, 6.07) is 0. The Morgan fingerprint density at radius 3 is 2.50 bits per heavy atom. The molecule has 1 aliphatic rings. The van der Waals surface area contributed by atoms with Crippen LogP contribution in [0.5, 0.6) is 0 Å². The lowest BCUT2D eigenvalue weighted by Crippen LogP contribution is -2.29. The van der Waals surface area contributed by atoms with Gasteiger partial charge in [-0.05, 0) is 38.0 Å². The van der Waals surface area contributed by atoms with E-state index in [2.05, 4.69) is 20.8 Å². The van der Waals surface area contributed by atoms with E-state index in [4.69, 9.17) is 4.74 Å². The smallest absolute Gasteiger partial charge is 0.0600 e. The van der Waals surface area contributed by atoms with Crippen molar-refractivity contribution in [3.8, 4) is 0 Å². The van der Waals surface area contributed by atoms with Crippen LogP contribution in [-0.4, -0.2) is 12.7 Å². The molecule has 0 heterocycles. The maximum Gasteiger partial charge on any atom is 0.0600 e. The van der Waals surface area contributed by atoms with E-state index in [0.717, 1.165) is 18.4 Å². The Morgan fingerprint density at radius 1 is 1.25 bits per heavy atom. The predicted octanol–water partition coefficient (Wildman–Crippen LogP) is 3.24. The van der Waals surface area contributed by atoms with E-state index in [1.54, 1.807) is 0 Å². The fraction of sp³-hybridized carbons (Fsp3) is 1.00. The minimum absolute atomic E-state index is 0.554. The van der Waals surface area contributed by atoms with E-state index in [-0.39, 0.29) is 0 Å². The molecule has 1 nitrogen and oxygen atoms in total. The normalized spacial score (nSPS) is 36.8. The third-order valence-electron chi connectivity index (χ3n) is 3.16. The van der Waals surface area contributed by atoms with Gasteiger partial charge in [0.05, 0.1) is 6.10 Å². The third-order valence-corrected chi connectivity index (χ3v) is 3.16. The lowest BCUT2D eigenvalue weighted by molar-refractivity contribution is -0.0111. The summed E-state index contributed by atoms with van der Waals surface area (Å²) in [7, 11) is 0. The minimum Gasteiger partial charge on any atom is -0.378 e. The van der Waals surface area contributed by atoms with Gasteiger partial charge < -0.3 is 4.74 Å². The van der Waals surface area contributed by atoms with Gasteiger partial charge in [-0.25, -0.2) is 0 Å². The van der Waals surface area contributed by atoms with Gasteiger partial charge in [-0.1, -0.05) is 20.3 Å². The van der Waals surface area contributed by atoms with Gasteiger partial charge in [-0.3, -0.25) is 0 Å². The Kier molecular flexibility index (Phi) is 4.07. The van der Waals surface area contributed by atoms with Gasteiger partial charge in [0, 0.05) is 6.61 Å². The molecular weight excluding hydrogens is 148 g/mol. The molecule has 12 heavy (non-hydrogen) atoms. The van der Waals surface area contributed by atoms with E-state index in [0.29, 0.717) is 6.10 Å². The molecule has 3 unspecified atom stereocenters. The molecule has 72 valence electrons. The van der Waals surface area contributed by atoms with Gasteiger partial charge >= 0.3 is 0 Å². The second kappa shape index (κ2) is 4.86. The van der Waals surface area contributed by atoms with Crippen molar-refractivity contribution in [2.24, 2.45) is 11.8 Å². The first-order chi connectivity index (χ1) is 5.77. The first kappa shape index (κ1) is 10.0. The summed E-state index contributed by atoms with van der Waals surface area (Å²) in [5, 5.41) is 0. The molecule has 0 amide bonds. The molecule has 0 aromatic heterocycles. The van der Waals surface area contributed by atoms with Crippen LogP contribution in [-0.2, 0) is 4.74 Å². The largest absolute Gasteiger partial charge is 0.378 e. The molecule has 0 N–H and O–H groups in total. The number of rotatable bonds is 3. The molecule has 0 aromatic carbocycles. The zero-order chi connectivity index (χ0) is 8.97. The number of ether oxygens (including phenoxy) is 1. The fourth-order valence-electron chi connectivity index (χ4n) is 2.31. The summed E-state index contributed by atoms with van der Waals surface area (Å²) < 4.78 is 5.69. The average molecular weight is 170 g/mol. The van der Waals surface area contributed by atoms with Crippen LogP contribution in [0, 0.1) is 11.8 Å². The van der Waals surface area contributed by atoms with E-state index >= 15 is 0 Å². The maximum absolute atomic E-state index is 5.69. The van der Waals surface area contributed by atoms with Crippen molar-refractivity contribution < 1.29 is 4.74 Å². The van der Waals surface area contributed by atoms with Crippen molar-refractivity contribution in [1.29, 1.82) is 0 Å². The predicted molar refractivity (Wildman–Crippen MR) is 52.2 cm³/mol. The van der Waals surface area contributed by atoms with Crippen LogP contribution >= 0.6 is 0 Å². The molecule has 0 bridgehead atoms. The summed E-state index contributed by atoms with van der Waals surface area (Å²) in [4.78, 5) is 0. The molecule has 1 heteroatoms. The standard InChI is InChI=1S/C11H22O/c1-4-10-6-7-11(12-5-2)9(3)8-10/h9-11H,4-8H2,1-3H3. The van der Waals surface area contributed by atoms with Crippen molar-refractivity contribution >= 4 is 0 Å². The van der Waals surface area contributed by atoms with E-state index in [1.807, 2.05) is 0 Å². The first-order valence-corrected chi connectivity index (χ1v) is 5.39. The summed E-state index contributed by atoms with van der Waals surface area (Å²) >= 11 is 0. The highest BCUT2D eigenvalue weighted by atomic mass is 16.5. The van der Waals surface area contributed by atoms with Crippen LogP contribution in [0.25, 0.3) is 0 Å². The third kappa shape index (κ3) is 2.48. The quantitative estimate of drug-likeness (QED) is 0.632. The second-order valence-corrected chi connectivity index (χ2v) is 4.06. The van der Waals surface area contributed by atoms with Crippen LogP contribution < -0.4 is 0 Å². The maximum atomic E-state index is 5.69. The summed E-state index contributed by atoms with van der Waals surface area (Å²) in [5.74, 6) is 1.75. The van der Waals surface area contributed by atoms with Crippen molar-refractivity contribution in [3.05, 3.63) is 0 Å². The molecule has 0 aliphatic heterocycles. The molecule has 1 fully saturated rings. The topological polar surface area (TPSA) is 9.23 Å². The van der Waals surface area contributed by atoms with Crippen molar-refractivity contribution in [1.82, 2.24) is 0 Å². The fourth-order valence-corrected chi connectivity index (χ4v) is 2.31. The Labute approximate surface area is 76.5 Å². The summed E-state index contributed by atoms with van der Waals surface area (Å²) in [6.45, 7) is 7.62. The second-order valence-electron chi connectivity index (χ2n) is 4.06. The molecule has 3 atom stereocenters. The Morgan fingerprint density at radius 2 is 2.00 bits per heavy atom. The summed E-state index contributed by atoms with van der Waals surface area (Å²) in [5.41, 5.74) is 0. The molecule has 0 radical (unpaired) electrons. The molecule has 0 aromatic rings. The average Bonchev–Trinajstić information content (AvgIpc) is 2.09. The first-order valence-electron chi connectivity index (χ1n) is 5.39. The van der Waals surface area contributed by atoms with Crippen LogP contribution in [0.2, 0.25) is 0 Å². The highest BCUT2D eigenvalue weighted by Crippen LogP contribution is 2.32. The zero-order valence-electron chi connectivity index (χ0n) is 8.68. The molecule has 1 rings (SSSR count). The van der Waals surface area contributed by atoms with Crippen molar-refractivity contribution in [2.75, 3.05) is 6.61 Å². The van der Waals surface area contributed by atoms with Gasteiger partial charge in [0.1, 0.15) is 0 Å². The van der Waals surface area contributed by atoms with Crippen molar-refractivity contribution in [3.63, 3.8) is 0 Å². The zero-order valence-corrected chi connectivity index (χ0v) is 8.68. The van der Waals surface area contributed by atoms with Crippen molar-refractivity contribution in [2.45, 2.75) is 52.6 Å². The Balaban J connectivity index is 2.31. The number of hydrogen-bond donors (Lipinski definition) is 0. The Hall–Kier alpha value is -0.0400. The van der Waals surface area contributed by atoms with Crippen LogP contribution in [0.15, 0.2) is 0 Å². The monoisotopic (exact) mass is 170 g/mol. The lowest BCUT2D eigenvalue weighted by atomic mass is 9.79. The van der Waals surface area contributed by atoms with Gasteiger partial charge in [0.2, 0.25) is 0 Å².